The van der Waals surface area contributed by atoms with Crippen LogP contribution in [-0.2, 0) is 0 Å². The topological polar surface area (TPSA) is 41.1 Å². The summed E-state index contributed by atoms with van der Waals surface area (Å²) in [6.45, 7) is 4.35. The molecule has 5 heteroatoms. The quantitative estimate of drug-likeness (QED) is 0.895. The van der Waals surface area contributed by atoms with E-state index >= 15 is 0 Å². The predicted molar refractivity (Wildman–Crippen MR) is 76.3 cm³/mol. The fourth-order valence-corrected chi connectivity index (χ4v) is 2.17. The Hall–Kier alpha value is -1.13. The Morgan fingerprint density at radius 2 is 2.32 bits per heavy atom. The van der Waals surface area contributed by atoms with Crippen LogP contribution in [0.15, 0.2) is 18.2 Å². The van der Waals surface area contributed by atoms with Crippen molar-refractivity contribution in [3.8, 4) is 0 Å². The highest BCUT2D eigenvalue weighted by molar-refractivity contribution is 5.94. The Labute approximate surface area is 119 Å². The average Bonchev–Trinajstić information content (AvgIpc) is 2.40. The maximum atomic E-state index is 13.3. The molecule has 3 nitrogen and oxygen atoms in total. The smallest absolute Gasteiger partial charge is 0.251 e. The monoisotopic (exact) mass is 286 g/mol. The van der Waals surface area contributed by atoms with E-state index in [1.54, 1.807) is 19.1 Å². The molecule has 0 aromatic heterocycles. The molecule has 106 valence electrons. The minimum atomic E-state index is -0.331. The maximum absolute atomic E-state index is 13.3. The summed E-state index contributed by atoms with van der Waals surface area (Å²) in [5, 5.41) is 6.17. The zero-order valence-corrected chi connectivity index (χ0v) is 11.9. The number of carbonyl (C=O) groups is 1. The summed E-state index contributed by atoms with van der Waals surface area (Å²) in [4.78, 5) is 11.9. The third-order valence-corrected chi connectivity index (χ3v) is 3.38. The van der Waals surface area contributed by atoms with Gasteiger partial charge in [0.1, 0.15) is 5.82 Å². The standard InChI is InChI=1S/C14H19FN2O.ClH/c1-10-4-5-12(7-13(10)15)14(18)17-9-11-3-2-6-16-8-11;/h4-5,7,11,16H,2-3,6,8-9H2,1H3,(H,17,18);1H. The number of benzene rings is 1. The number of rotatable bonds is 3. The van der Waals surface area contributed by atoms with Crippen LogP contribution < -0.4 is 10.6 Å². The fraction of sp³-hybridized carbons (Fsp3) is 0.500. The molecular formula is C14H20ClFN2O. The lowest BCUT2D eigenvalue weighted by molar-refractivity contribution is 0.0944. The third-order valence-electron chi connectivity index (χ3n) is 3.38. The van der Waals surface area contributed by atoms with E-state index in [2.05, 4.69) is 10.6 Å². The Morgan fingerprint density at radius 3 is 2.95 bits per heavy atom. The van der Waals surface area contributed by atoms with Gasteiger partial charge in [-0.1, -0.05) is 6.07 Å². The fourth-order valence-electron chi connectivity index (χ4n) is 2.17. The minimum Gasteiger partial charge on any atom is -0.352 e. The minimum absolute atomic E-state index is 0. The van der Waals surface area contributed by atoms with Crippen LogP contribution in [0.1, 0.15) is 28.8 Å². The SMILES string of the molecule is Cc1ccc(C(=O)NCC2CCCNC2)cc1F.Cl. The molecule has 1 aliphatic heterocycles. The highest BCUT2D eigenvalue weighted by Gasteiger charge is 2.14. The van der Waals surface area contributed by atoms with Crippen molar-refractivity contribution in [1.82, 2.24) is 10.6 Å². The molecule has 1 aliphatic rings. The molecule has 1 unspecified atom stereocenters. The molecule has 1 heterocycles. The van der Waals surface area contributed by atoms with Gasteiger partial charge in [-0.05, 0) is 56.5 Å². The summed E-state index contributed by atoms with van der Waals surface area (Å²) in [5.74, 6) is -0.0422. The second kappa shape index (κ2) is 7.46. The van der Waals surface area contributed by atoms with Crippen molar-refractivity contribution in [2.75, 3.05) is 19.6 Å². The normalized spacial score (nSPS) is 18.5. The highest BCUT2D eigenvalue weighted by atomic mass is 35.5. The van der Waals surface area contributed by atoms with Gasteiger partial charge < -0.3 is 10.6 Å². The zero-order valence-electron chi connectivity index (χ0n) is 11.0. The van der Waals surface area contributed by atoms with Crippen molar-refractivity contribution in [1.29, 1.82) is 0 Å². The lowest BCUT2D eigenvalue weighted by Crippen LogP contribution is -2.38. The summed E-state index contributed by atoms with van der Waals surface area (Å²) >= 11 is 0. The summed E-state index contributed by atoms with van der Waals surface area (Å²) in [6, 6.07) is 4.59. The molecule has 0 radical (unpaired) electrons. The van der Waals surface area contributed by atoms with Crippen LogP contribution in [0.4, 0.5) is 4.39 Å². The number of piperidine rings is 1. The number of aryl methyl sites for hydroxylation is 1. The molecule has 1 aromatic rings. The zero-order chi connectivity index (χ0) is 13.0. The van der Waals surface area contributed by atoms with E-state index in [9.17, 15) is 9.18 Å². The first-order valence-corrected chi connectivity index (χ1v) is 6.42. The van der Waals surface area contributed by atoms with Crippen molar-refractivity contribution < 1.29 is 9.18 Å². The molecule has 2 N–H and O–H groups in total. The van der Waals surface area contributed by atoms with Crippen LogP contribution in [-0.4, -0.2) is 25.5 Å². The molecule has 1 saturated heterocycles. The van der Waals surface area contributed by atoms with Crippen LogP contribution >= 0.6 is 12.4 Å². The number of hydrogen-bond donors (Lipinski definition) is 2. The third kappa shape index (κ3) is 4.48. The molecule has 0 bridgehead atoms. The average molecular weight is 287 g/mol. The first-order valence-electron chi connectivity index (χ1n) is 6.42. The van der Waals surface area contributed by atoms with Crippen molar-refractivity contribution in [3.63, 3.8) is 0 Å². The van der Waals surface area contributed by atoms with Gasteiger partial charge in [-0.15, -0.1) is 12.4 Å². The number of amides is 1. The number of halogens is 2. The summed E-state index contributed by atoms with van der Waals surface area (Å²) in [6.07, 6.45) is 2.29. The summed E-state index contributed by atoms with van der Waals surface area (Å²) in [5.41, 5.74) is 0.949. The Balaban J connectivity index is 0.00000180. The number of hydrogen-bond acceptors (Lipinski definition) is 2. The van der Waals surface area contributed by atoms with E-state index in [4.69, 9.17) is 0 Å². The molecule has 1 aromatic carbocycles. The largest absolute Gasteiger partial charge is 0.352 e. The van der Waals surface area contributed by atoms with Crippen LogP contribution in [0.25, 0.3) is 0 Å². The second-order valence-electron chi connectivity index (χ2n) is 4.89. The van der Waals surface area contributed by atoms with Gasteiger partial charge in [0.05, 0.1) is 0 Å². The lowest BCUT2D eigenvalue weighted by Gasteiger charge is -2.22. The van der Waals surface area contributed by atoms with Crippen LogP contribution in [0.2, 0.25) is 0 Å². The van der Waals surface area contributed by atoms with Gasteiger partial charge >= 0.3 is 0 Å². The lowest BCUT2D eigenvalue weighted by atomic mass is 9.99. The molecule has 0 spiro atoms. The molecule has 0 aliphatic carbocycles. The van der Waals surface area contributed by atoms with Gasteiger partial charge in [-0.2, -0.15) is 0 Å². The summed E-state index contributed by atoms with van der Waals surface area (Å²) in [7, 11) is 0. The molecule has 2 rings (SSSR count). The first-order chi connectivity index (χ1) is 8.66. The number of carbonyl (C=O) groups excluding carboxylic acids is 1. The van der Waals surface area contributed by atoms with E-state index in [1.807, 2.05) is 0 Å². The second-order valence-corrected chi connectivity index (χ2v) is 4.89. The van der Waals surface area contributed by atoms with Gasteiger partial charge in [0, 0.05) is 12.1 Å². The molecule has 0 saturated carbocycles. The van der Waals surface area contributed by atoms with E-state index in [-0.39, 0.29) is 24.1 Å². The molecular weight excluding hydrogens is 267 g/mol. The van der Waals surface area contributed by atoms with Crippen LogP contribution in [0.3, 0.4) is 0 Å². The van der Waals surface area contributed by atoms with Crippen molar-refractivity contribution >= 4 is 18.3 Å². The summed E-state index contributed by atoms with van der Waals surface area (Å²) < 4.78 is 13.3. The van der Waals surface area contributed by atoms with Gasteiger partial charge in [0.25, 0.3) is 5.91 Å². The van der Waals surface area contributed by atoms with Gasteiger partial charge in [-0.25, -0.2) is 4.39 Å². The van der Waals surface area contributed by atoms with Crippen molar-refractivity contribution in [2.45, 2.75) is 19.8 Å². The first kappa shape index (κ1) is 15.9. The van der Waals surface area contributed by atoms with Gasteiger partial charge in [0.15, 0.2) is 0 Å². The van der Waals surface area contributed by atoms with Crippen LogP contribution in [0.5, 0.6) is 0 Å². The van der Waals surface area contributed by atoms with E-state index in [0.717, 1.165) is 25.9 Å². The van der Waals surface area contributed by atoms with Crippen molar-refractivity contribution in [3.05, 3.63) is 35.1 Å². The van der Waals surface area contributed by atoms with Gasteiger partial charge in [0.2, 0.25) is 0 Å². The highest BCUT2D eigenvalue weighted by Crippen LogP contribution is 2.11. The maximum Gasteiger partial charge on any atom is 0.251 e. The Bertz CT molecular complexity index is 433. The molecule has 19 heavy (non-hydrogen) atoms. The Morgan fingerprint density at radius 1 is 1.53 bits per heavy atom. The van der Waals surface area contributed by atoms with Crippen LogP contribution in [0, 0.1) is 18.7 Å². The van der Waals surface area contributed by atoms with E-state index < -0.39 is 0 Å². The van der Waals surface area contributed by atoms with E-state index in [1.165, 1.54) is 6.07 Å². The van der Waals surface area contributed by atoms with Crippen molar-refractivity contribution in [2.24, 2.45) is 5.92 Å². The van der Waals surface area contributed by atoms with Gasteiger partial charge in [-0.3, -0.25) is 4.79 Å². The molecule has 1 fully saturated rings. The van der Waals surface area contributed by atoms with E-state index in [0.29, 0.717) is 23.6 Å². The number of nitrogens with one attached hydrogen (secondary N) is 2. The molecule has 1 atom stereocenters. The predicted octanol–water partition coefficient (Wildman–Crippen LogP) is 2.29. The Kier molecular flexibility index (Phi) is 6.25. The molecule has 1 amide bonds.